The molecule has 1 aliphatic rings. The second-order valence-corrected chi connectivity index (χ2v) is 7.59. The number of hydrogen-bond acceptors (Lipinski definition) is 6. The van der Waals surface area contributed by atoms with Crippen molar-refractivity contribution in [2.75, 3.05) is 13.1 Å². The molecular formula is C19H27N3O5. The predicted octanol–water partition coefficient (Wildman–Crippen LogP) is 3.14. The van der Waals surface area contributed by atoms with Crippen molar-refractivity contribution >= 4 is 18.4 Å². The molecule has 0 bridgehead atoms. The van der Waals surface area contributed by atoms with Crippen LogP contribution in [0.3, 0.4) is 0 Å². The third-order valence-corrected chi connectivity index (χ3v) is 4.04. The number of likely N-dealkylation sites (tertiary alicyclic amines) is 1. The van der Waals surface area contributed by atoms with Gasteiger partial charge >= 0.3 is 12.2 Å². The van der Waals surface area contributed by atoms with Crippen LogP contribution in [0.4, 0.5) is 9.59 Å². The molecule has 1 fully saturated rings. The Hall–Kier alpha value is -2.77. The number of rotatable bonds is 4. The first-order chi connectivity index (χ1) is 12.7. The molecule has 0 aromatic heterocycles. The fourth-order valence-corrected chi connectivity index (χ4v) is 2.91. The molecule has 0 saturated carbocycles. The minimum atomic E-state index is -1.01. The molecule has 1 heterocycles. The van der Waals surface area contributed by atoms with Gasteiger partial charge in [0.05, 0.1) is 18.3 Å². The van der Waals surface area contributed by atoms with Crippen LogP contribution >= 0.6 is 0 Å². The number of carbonyl (C=O) groups is 2. The molecule has 1 saturated heterocycles. The summed E-state index contributed by atoms with van der Waals surface area (Å²) in [7, 11) is 0. The van der Waals surface area contributed by atoms with E-state index in [1.54, 1.807) is 20.8 Å². The number of hydrogen-bond donors (Lipinski definition) is 2. The lowest BCUT2D eigenvalue weighted by molar-refractivity contribution is 0.0407. The van der Waals surface area contributed by atoms with Crippen LogP contribution in [0.5, 0.6) is 0 Å². The van der Waals surface area contributed by atoms with Crippen LogP contribution in [0.25, 0.3) is 0 Å². The van der Waals surface area contributed by atoms with Gasteiger partial charge in [0.1, 0.15) is 12.2 Å². The van der Waals surface area contributed by atoms with E-state index in [1.165, 1.54) is 11.1 Å². The Balaban J connectivity index is 2.01. The van der Waals surface area contributed by atoms with Gasteiger partial charge in [-0.05, 0) is 39.2 Å². The number of nitrogens with zero attached hydrogens (tertiary/aromatic N) is 2. The SMILES string of the molecule is CC(C)(C)OC(=O)NC1(/C=N/O)CCCN(C(=O)OCc2ccccc2)C1. The minimum absolute atomic E-state index is 0.129. The molecule has 1 aromatic carbocycles. The quantitative estimate of drug-likeness (QED) is 0.477. The summed E-state index contributed by atoms with van der Waals surface area (Å²) in [5, 5.41) is 14.9. The van der Waals surface area contributed by atoms with E-state index >= 15 is 0 Å². The molecule has 1 aliphatic heterocycles. The maximum Gasteiger partial charge on any atom is 0.410 e. The smallest absolute Gasteiger partial charge is 0.410 e. The second-order valence-electron chi connectivity index (χ2n) is 7.59. The normalized spacial score (nSPS) is 20.3. The third kappa shape index (κ3) is 6.47. The van der Waals surface area contributed by atoms with Crippen molar-refractivity contribution in [2.24, 2.45) is 5.16 Å². The lowest BCUT2D eigenvalue weighted by Gasteiger charge is -2.40. The Morgan fingerprint density at radius 3 is 2.67 bits per heavy atom. The van der Waals surface area contributed by atoms with Gasteiger partial charge in [0.25, 0.3) is 0 Å². The largest absolute Gasteiger partial charge is 0.445 e. The highest BCUT2D eigenvalue weighted by Crippen LogP contribution is 2.22. The summed E-state index contributed by atoms with van der Waals surface area (Å²) in [5.41, 5.74) is -0.788. The van der Waals surface area contributed by atoms with Crippen molar-refractivity contribution in [1.82, 2.24) is 10.2 Å². The zero-order valence-electron chi connectivity index (χ0n) is 16.0. The molecule has 8 nitrogen and oxygen atoms in total. The number of alkyl carbamates (subject to hydrolysis) is 1. The van der Waals surface area contributed by atoms with Crippen LogP contribution < -0.4 is 5.32 Å². The first-order valence-corrected chi connectivity index (χ1v) is 8.88. The maximum atomic E-state index is 12.4. The summed E-state index contributed by atoms with van der Waals surface area (Å²) >= 11 is 0. The Morgan fingerprint density at radius 1 is 1.33 bits per heavy atom. The van der Waals surface area contributed by atoms with Crippen LogP contribution in [0, 0.1) is 0 Å². The molecule has 8 heteroatoms. The van der Waals surface area contributed by atoms with Crippen LogP contribution in [0.2, 0.25) is 0 Å². The fraction of sp³-hybridized carbons (Fsp3) is 0.526. The molecule has 2 rings (SSSR count). The number of benzene rings is 1. The van der Waals surface area contributed by atoms with E-state index in [2.05, 4.69) is 10.5 Å². The zero-order valence-corrected chi connectivity index (χ0v) is 16.0. The van der Waals surface area contributed by atoms with E-state index in [0.29, 0.717) is 19.4 Å². The highest BCUT2D eigenvalue weighted by Gasteiger charge is 2.39. The van der Waals surface area contributed by atoms with Crippen molar-refractivity contribution < 1.29 is 24.3 Å². The lowest BCUT2D eigenvalue weighted by Crippen LogP contribution is -2.61. The van der Waals surface area contributed by atoms with Gasteiger partial charge in [-0.1, -0.05) is 35.5 Å². The summed E-state index contributed by atoms with van der Waals surface area (Å²) in [5.74, 6) is 0. The fourth-order valence-electron chi connectivity index (χ4n) is 2.91. The van der Waals surface area contributed by atoms with Gasteiger partial charge in [-0.15, -0.1) is 0 Å². The van der Waals surface area contributed by atoms with Gasteiger partial charge in [0.2, 0.25) is 0 Å². The Kier molecular flexibility index (Phi) is 6.65. The number of piperidine rings is 1. The minimum Gasteiger partial charge on any atom is -0.445 e. The molecule has 0 spiro atoms. The van der Waals surface area contributed by atoms with Gasteiger partial charge < -0.3 is 24.9 Å². The molecule has 148 valence electrons. The average molecular weight is 377 g/mol. The Bertz CT molecular complexity index is 672. The number of nitrogens with one attached hydrogen (secondary N) is 1. The van der Waals surface area contributed by atoms with E-state index in [9.17, 15) is 9.59 Å². The highest BCUT2D eigenvalue weighted by atomic mass is 16.6. The predicted molar refractivity (Wildman–Crippen MR) is 99.8 cm³/mol. The highest BCUT2D eigenvalue weighted by molar-refractivity contribution is 5.80. The van der Waals surface area contributed by atoms with Crippen LogP contribution in [-0.4, -0.2) is 52.7 Å². The lowest BCUT2D eigenvalue weighted by atomic mass is 9.90. The van der Waals surface area contributed by atoms with E-state index in [-0.39, 0.29) is 13.2 Å². The van der Waals surface area contributed by atoms with Crippen molar-refractivity contribution in [3.05, 3.63) is 35.9 Å². The first-order valence-electron chi connectivity index (χ1n) is 8.88. The third-order valence-electron chi connectivity index (χ3n) is 4.04. The molecule has 2 N–H and O–H groups in total. The monoisotopic (exact) mass is 377 g/mol. The van der Waals surface area contributed by atoms with Crippen LogP contribution in [0.1, 0.15) is 39.2 Å². The molecule has 1 aromatic rings. The number of oxime groups is 1. The van der Waals surface area contributed by atoms with Gasteiger partial charge in [-0.25, -0.2) is 9.59 Å². The molecule has 1 unspecified atom stereocenters. The molecule has 1 atom stereocenters. The topological polar surface area (TPSA) is 100 Å². The van der Waals surface area contributed by atoms with Crippen molar-refractivity contribution in [3.8, 4) is 0 Å². The average Bonchev–Trinajstić information content (AvgIpc) is 2.59. The summed E-state index contributed by atoms with van der Waals surface area (Å²) in [6.45, 7) is 6.06. The van der Waals surface area contributed by atoms with Gasteiger partial charge in [-0.2, -0.15) is 0 Å². The number of carbonyl (C=O) groups excluding carboxylic acids is 2. The van der Waals surface area contributed by atoms with E-state index in [4.69, 9.17) is 14.7 Å². The van der Waals surface area contributed by atoms with E-state index in [1.807, 2.05) is 30.3 Å². The molecule has 27 heavy (non-hydrogen) atoms. The van der Waals surface area contributed by atoms with E-state index in [0.717, 1.165) is 5.56 Å². The number of amides is 2. The first kappa shape index (κ1) is 20.5. The van der Waals surface area contributed by atoms with E-state index < -0.39 is 23.3 Å². The molecule has 2 amide bonds. The maximum absolute atomic E-state index is 12.4. The Morgan fingerprint density at radius 2 is 2.04 bits per heavy atom. The summed E-state index contributed by atoms with van der Waals surface area (Å²) in [6, 6.07) is 9.38. The van der Waals surface area contributed by atoms with Crippen molar-refractivity contribution in [2.45, 2.75) is 51.4 Å². The van der Waals surface area contributed by atoms with Gasteiger partial charge in [-0.3, -0.25) is 0 Å². The summed E-state index contributed by atoms with van der Waals surface area (Å²) in [4.78, 5) is 26.1. The zero-order chi connectivity index (χ0) is 19.9. The Labute approximate surface area is 159 Å². The molecule has 0 aliphatic carbocycles. The summed E-state index contributed by atoms with van der Waals surface area (Å²) in [6.07, 6.45) is 1.23. The second kappa shape index (κ2) is 8.75. The number of ether oxygens (including phenoxy) is 2. The van der Waals surface area contributed by atoms with Crippen LogP contribution in [-0.2, 0) is 16.1 Å². The summed E-state index contributed by atoms with van der Waals surface area (Å²) < 4.78 is 10.6. The molecule has 0 radical (unpaired) electrons. The molecular weight excluding hydrogens is 350 g/mol. The van der Waals surface area contributed by atoms with Gasteiger partial charge in [0.15, 0.2) is 0 Å². The standard InChI is InChI=1S/C19H27N3O5/c1-18(2,3)27-16(23)21-19(13-20-25)10-7-11-22(14-19)17(24)26-12-15-8-5-4-6-9-15/h4-6,8-9,13,25H,7,10-12,14H2,1-3H3,(H,21,23)/b20-13+. The van der Waals surface area contributed by atoms with Gasteiger partial charge in [0, 0.05) is 6.54 Å². The van der Waals surface area contributed by atoms with Crippen LogP contribution in [0.15, 0.2) is 35.5 Å². The van der Waals surface area contributed by atoms with Crippen molar-refractivity contribution in [3.63, 3.8) is 0 Å². The van der Waals surface area contributed by atoms with Crippen molar-refractivity contribution in [1.29, 1.82) is 0 Å².